The summed E-state index contributed by atoms with van der Waals surface area (Å²) >= 11 is 0. The molecule has 1 aliphatic rings. The number of benzene rings is 1. The summed E-state index contributed by atoms with van der Waals surface area (Å²) in [6.45, 7) is 4.92. The third-order valence-corrected chi connectivity index (χ3v) is 3.46. The summed E-state index contributed by atoms with van der Waals surface area (Å²) in [5.74, 6) is 2.63. The second-order valence-corrected chi connectivity index (χ2v) is 5.00. The smallest absolute Gasteiger partial charge is 0.410 e. The molecule has 1 amide bonds. The van der Waals surface area contributed by atoms with Crippen LogP contribution >= 0.6 is 0 Å². The predicted octanol–water partition coefficient (Wildman–Crippen LogP) is 3.37. The largest absolute Gasteiger partial charge is 0.445 e. The number of hydrogen-bond donors (Lipinski definition) is 0. The topological polar surface area (TPSA) is 29.5 Å². The van der Waals surface area contributed by atoms with Crippen LogP contribution in [-0.2, 0) is 11.3 Å². The van der Waals surface area contributed by atoms with Crippen LogP contribution in [0.25, 0.3) is 0 Å². The molecular weight excluding hydrogens is 250 g/mol. The molecule has 0 aromatic heterocycles. The van der Waals surface area contributed by atoms with Crippen LogP contribution in [0, 0.1) is 12.3 Å². The molecule has 1 saturated heterocycles. The Morgan fingerprint density at radius 3 is 2.90 bits per heavy atom. The monoisotopic (exact) mass is 269 g/mol. The van der Waals surface area contributed by atoms with Gasteiger partial charge in [0.2, 0.25) is 0 Å². The number of terminal acetylenes is 1. The van der Waals surface area contributed by atoms with Crippen molar-refractivity contribution in [1.82, 2.24) is 4.90 Å². The number of carbonyl (C=O) groups excluding carboxylic acids is 1. The minimum atomic E-state index is -0.290. The van der Waals surface area contributed by atoms with Crippen molar-refractivity contribution in [2.75, 3.05) is 6.54 Å². The summed E-state index contributed by atoms with van der Waals surface area (Å²) < 4.78 is 5.37. The molecule has 1 aromatic rings. The molecule has 1 unspecified atom stereocenters. The zero-order valence-electron chi connectivity index (χ0n) is 11.5. The number of nitrogens with zero attached hydrogens (tertiary/aromatic N) is 1. The van der Waals surface area contributed by atoms with Crippen molar-refractivity contribution in [2.45, 2.75) is 31.9 Å². The van der Waals surface area contributed by atoms with Gasteiger partial charge in [-0.1, -0.05) is 42.5 Å². The van der Waals surface area contributed by atoms with Crippen LogP contribution in [0.2, 0.25) is 0 Å². The molecule has 0 saturated carbocycles. The Hall–Kier alpha value is -2.21. The molecule has 0 spiro atoms. The van der Waals surface area contributed by atoms with Crippen molar-refractivity contribution >= 4 is 6.09 Å². The molecule has 0 radical (unpaired) electrons. The first-order chi connectivity index (χ1) is 9.70. The average Bonchev–Trinajstić information content (AvgIpc) is 2.46. The molecular formula is C17H19NO2. The van der Waals surface area contributed by atoms with Crippen molar-refractivity contribution in [3.05, 3.63) is 48.0 Å². The maximum Gasteiger partial charge on any atom is 0.410 e. The second kappa shape index (κ2) is 6.81. The Kier molecular flexibility index (Phi) is 4.84. The highest BCUT2D eigenvalue weighted by Gasteiger charge is 2.28. The van der Waals surface area contributed by atoms with Crippen molar-refractivity contribution in [3.8, 4) is 12.3 Å². The Morgan fingerprint density at radius 2 is 2.20 bits per heavy atom. The Balaban J connectivity index is 1.93. The normalized spacial score (nSPS) is 18.4. The minimum Gasteiger partial charge on any atom is -0.445 e. The molecule has 3 nitrogen and oxygen atoms in total. The number of piperidine rings is 1. The molecule has 20 heavy (non-hydrogen) atoms. The van der Waals surface area contributed by atoms with E-state index in [0.717, 1.165) is 24.0 Å². The summed E-state index contributed by atoms with van der Waals surface area (Å²) in [4.78, 5) is 13.9. The van der Waals surface area contributed by atoms with Gasteiger partial charge in [0.05, 0.1) is 0 Å². The van der Waals surface area contributed by atoms with Crippen LogP contribution < -0.4 is 0 Å². The van der Waals surface area contributed by atoms with E-state index in [1.54, 1.807) is 4.90 Å². The van der Waals surface area contributed by atoms with Gasteiger partial charge in [-0.15, -0.1) is 12.3 Å². The van der Waals surface area contributed by atoms with Gasteiger partial charge in [-0.05, 0) is 18.4 Å². The first kappa shape index (κ1) is 14.2. The van der Waals surface area contributed by atoms with Gasteiger partial charge in [0.1, 0.15) is 6.61 Å². The highest BCUT2D eigenvalue weighted by atomic mass is 16.6. The molecule has 2 rings (SSSR count). The van der Waals surface area contributed by atoms with E-state index in [-0.39, 0.29) is 12.1 Å². The van der Waals surface area contributed by atoms with Crippen LogP contribution in [0.5, 0.6) is 0 Å². The van der Waals surface area contributed by atoms with Crippen molar-refractivity contribution < 1.29 is 9.53 Å². The SMILES string of the molecule is C#CCC1CC(=C)CCN1C(=O)OCc1ccccc1. The van der Waals surface area contributed by atoms with Crippen LogP contribution in [-0.4, -0.2) is 23.6 Å². The molecule has 0 aliphatic carbocycles. The molecule has 1 atom stereocenters. The van der Waals surface area contributed by atoms with E-state index < -0.39 is 0 Å². The van der Waals surface area contributed by atoms with Crippen LogP contribution in [0.4, 0.5) is 4.79 Å². The highest BCUT2D eigenvalue weighted by molar-refractivity contribution is 5.68. The third kappa shape index (κ3) is 3.64. The van der Waals surface area contributed by atoms with Crippen LogP contribution in [0.15, 0.2) is 42.5 Å². The molecule has 1 fully saturated rings. The lowest BCUT2D eigenvalue weighted by Crippen LogP contribution is -2.44. The summed E-state index contributed by atoms with van der Waals surface area (Å²) in [6, 6.07) is 9.67. The van der Waals surface area contributed by atoms with Gasteiger partial charge in [-0.25, -0.2) is 4.79 Å². The average molecular weight is 269 g/mol. The van der Waals surface area contributed by atoms with Crippen LogP contribution in [0.3, 0.4) is 0 Å². The number of ether oxygens (including phenoxy) is 1. The Labute approximate surface area is 120 Å². The molecule has 1 aromatic carbocycles. The lowest BCUT2D eigenvalue weighted by molar-refractivity contribution is 0.0759. The summed E-state index contributed by atoms with van der Waals surface area (Å²) in [5.41, 5.74) is 2.13. The van der Waals surface area contributed by atoms with E-state index in [9.17, 15) is 4.79 Å². The van der Waals surface area contributed by atoms with Gasteiger partial charge in [0.15, 0.2) is 0 Å². The van der Waals surface area contributed by atoms with E-state index in [1.807, 2.05) is 30.3 Å². The van der Waals surface area contributed by atoms with Gasteiger partial charge in [0.25, 0.3) is 0 Å². The van der Waals surface area contributed by atoms with Crippen molar-refractivity contribution in [2.24, 2.45) is 0 Å². The van der Waals surface area contributed by atoms with Crippen LogP contribution in [0.1, 0.15) is 24.8 Å². The molecule has 0 bridgehead atoms. The van der Waals surface area contributed by atoms with E-state index in [1.165, 1.54) is 0 Å². The summed E-state index contributed by atoms with van der Waals surface area (Å²) in [5, 5.41) is 0. The number of amides is 1. The number of rotatable bonds is 3. The predicted molar refractivity (Wildman–Crippen MR) is 78.9 cm³/mol. The maximum atomic E-state index is 12.2. The van der Waals surface area contributed by atoms with E-state index in [4.69, 9.17) is 11.2 Å². The lowest BCUT2D eigenvalue weighted by Gasteiger charge is -2.35. The minimum absolute atomic E-state index is 0.0181. The van der Waals surface area contributed by atoms with E-state index in [0.29, 0.717) is 19.6 Å². The van der Waals surface area contributed by atoms with E-state index >= 15 is 0 Å². The zero-order chi connectivity index (χ0) is 14.4. The Bertz CT molecular complexity index is 516. The maximum absolute atomic E-state index is 12.2. The Morgan fingerprint density at radius 1 is 1.45 bits per heavy atom. The number of carbonyl (C=O) groups is 1. The summed E-state index contributed by atoms with van der Waals surface area (Å²) in [6.07, 6.45) is 7.21. The number of hydrogen-bond acceptors (Lipinski definition) is 2. The highest BCUT2D eigenvalue weighted by Crippen LogP contribution is 2.23. The van der Waals surface area contributed by atoms with Gasteiger partial charge in [-0.3, -0.25) is 0 Å². The molecule has 104 valence electrons. The van der Waals surface area contributed by atoms with Gasteiger partial charge in [-0.2, -0.15) is 0 Å². The van der Waals surface area contributed by atoms with Crippen molar-refractivity contribution in [1.29, 1.82) is 0 Å². The van der Waals surface area contributed by atoms with E-state index in [2.05, 4.69) is 12.5 Å². The fourth-order valence-electron chi connectivity index (χ4n) is 2.37. The molecule has 3 heteroatoms. The fraction of sp³-hybridized carbons (Fsp3) is 0.353. The molecule has 0 N–H and O–H groups in total. The fourth-order valence-corrected chi connectivity index (χ4v) is 2.37. The van der Waals surface area contributed by atoms with Crippen molar-refractivity contribution in [3.63, 3.8) is 0 Å². The zero-order valence-corrected chi connectivity index (χ0v) is 11.5. The molecule has 1 heterocycles. The lowest BCUT2D eigenvalue weighted by atomic mass is 9.96. The first-order valence-electron chi connectivity index (χ1n) is 6.78. The first-order valence-corrected chi connectivity index (χ1v) is 6.78. The van der Waals surface area contributed by atoms with Gasteiger partial charge >= 0.3 is 6.09 Å². The molecule has 1 aliphatic heterocycles. The standard InChI is InChI=1S/C17H19NO2/c1-3-7-16-12-14(2)10-11-18(16)17(19)20-13-15-8-5-4-6-9-15/h1,4-6,8-9,16H,2,7,10-13H2. The summed E-state index contributed by atoms with van der Waals surface area (Å²) in [7, 11) is 0. The second-order valence-electron chi connectivity index (χ2n) is 5.00. The third-order valence-electron chi connectivity index (χ3n) is 3.46. The quantitative estimate of drug-likeness (QED) is 0.622. The number of likely N-dealkylation sites (tertiary alicyclic amines) is 1. The van der Waals surface area contributed by atoms with Gasteiger partial charge in [0, 0.05) is 19.0 Å². The van der Waals surface area contributed by atoms with Gasteiger partial charge < -0.3 is 9.64 Å².